The Morgan fingerprint density at radius 1 is 1.44 bits per heavy atom. The zero-order chi connectivity index (χ0) is 12.7. The molecule has 0 spiro atoms. The van der Waals surface area contributed by atoms with Crippen LogP contribution in [-0.2, 0) is 11.2 Å². The van der Waals surface area contributed by atoms with E-state index < -0.39 is 0 Å². The van der Waals surface area contributed by atoms with E-state index in [1.807, 2.05) is 4.68 Å². The van der Waals surface area contributed by atoms with E-state index in [0.29, 0.717) is 24.0 Å². The van der Waals surface area contributed by atoms with E-state index >= 15 is 0 Å². The van der Waals surface area contributed by atoms with Gasteiger partial charge in [0.1, 0.15) is 17.9 Å². The van der Waals surface area contributed by atoms with E-state index in [1.54, 1.807) is 6.33 Å². The molecule has 3 unspecified atom stereocenters. The van der Waals surface area contributed by atoms with Crippen LogP contribution in [0.3, 0.4) is 0 Å². The van der Waals surface area contributed by atoms with Crippen LogP contribution in [0.4, 0.5) is 0 Å². The number of carbonyl (C=O) groups excluding carboxylic acids is 1. The van der Waals surface area contributed by atoms with E-state index in [4.69, 9.17) is 0 Å². The van der Waals surface area contributed by atoms with Crippen LogP contribution in [0, 0.1) is 17.8 Å². The number of aromatic nitrogens is 3. The minimum absolute atomic E-state index is 0.273. The maximum atomic E-state index is 12.4. The minimum atomic E-state index is 0.273. The second-order valence-corrected chi connectivity index (χ2v) is 6.14. The van der Waals surface area contributed by atoms with Crippen molar-refractivity contribution in [2.45, 2.75) is 52.0 Å². The molecule has 4 heteroatoms. The van der Waals surface area contributed by atoms with Crippen molar-refractivity contribution in [3.8, 4) is 0 Å². The molecule has 0 amide bonds. The number of nitrogens with zero attached hydrogens (tertiary/aromatic N) is 3. The number of carbonyl (C=O) groups is 1. The van der Waals surface area contributed by atoms with E-state index in [2.05, 4.69) is 23.9 Å². The normalized spacial score (nSPS) is 30.3. The molecule has 0 N–H and O–H groups in total. The molecule has 1 aromatic rings. The molecule has 2 bridgehead atoms. The molecular formula is C14H21N3O. The number of fused-ring (bicyclic) bond motifs is 2. The fourth-order valence-corrected chi connectivity index (χ4v) is 3.76. The Balaban J connectivity index is 1.69. The van der Waals surface area contributed by atoms with Gasteiger partial charge in [-0.15, -0.1) is 0 Å². The molecule has 4 nitrogen and oxygen atoms in total. The quantitative estimate of drug-likeness (QED) is 0.821. The first-order valence-corrected chi connectivity index (χ1v) is 7.06. The molecule has 2 saturated carbocycles. The largest absolute Gasteiger partial charge is 0.299 e. The first-order chi connectivity index (χ1) is 8.65. The highest BCUT2D eigenvalue weighted by Crippen LogP contribution is 2.48. The highest BCUT2D eigenvalue weighted by molar-refractivity contribution is 5.83. The summed E-state index contributed by atoms with van der Waals surface area (Å²) >= 11 is 0. The molecule has 1 aromatic heterocycles. The van der Waals surface area contributed by atoms with Gasteiger partial charge in [0.25, 0.3) is 0 Å². The Kier molecular flexibility index (Phi) is 2.96. The average molecular weight is 247 g/mol. The van der Waals surface area contributed by atoms with Gasteiger partial charge in [-0.1, -0.05) is 6.42 Å². The average Bonchev–Trinajstić information content (AvgIpc) is 3.03. The monoisotopic (exact) mass is 247 g/mol. The summed E-state index contributed by atoms with van der Waals surface area (Å²) in [7, 11) is 0. The second kappa shape index (κ2) is 4.48. The van der Waals surface area contributed by atoms with Crippen LogP contribution in [0.15, 0.2) is 6.33 Å². The molecule has 0 saturated heterocycles. The molecular weight excluding hydrogens is 226 g/mol. The second-order valence-electron chi connectivity index (χ2n) is 6.14. The summed E-state index contributed by atoms with van der Waals surface area (Å²) in [6, 6.07) is 0.273. The van der Waals surface area contributed by atoms with Gasteiger partial charge in [-0.25, -0.2) is 9.67 Å². The topological polar surface area (TPSA) is 47.8 Å². The summed E-state index contributed by atoms with van der Waals surface area (Å²) in [6.07, 6.45) is 7.04. The number of ketones is 1. The lowest BCUT2D eigenvalue weighted by Crippen LogP contribution is -2.24. The van der Waals surface area contributed by atoms with Crippen LogP contribution in [0.25, 0.3) is 0 Å². The number of rotatable bonds is 4. The summed E-state index contributed by atoms with van der Waals surface area (Å²) in [4.78, 5) is 16.6. The molecule has 2 aliphatic rings. The lowest BCUT2D eigenvalue weighted by molar-refractivity contribution is -0.123. The maximum absolute atomic E-state index is 12.4. The fourth-order valence-electron chi connectivity index (χ4n) is 3.76. The molecule has 2 fully saturated rings. The lowest BCUT2D eigenvalue weighted by Gasteiger charge is -2.20. The van der Waals surface area contributed by atoms with Crippen LogP contribution < -0.4 is 0 Å². The van der Waals surface area contributed by atoms with Gasteiger partial charge in [-0.3, -0.25) is 4.79 Å². The predicted octanol–water partition coefficient (Wildman–Crippen LogP) is 2.41. The number of hydrogen-bond acceptors (Lipinski definition) is 3. The smallest absolute Gasteiger partial charge is 0.143 e. The lowest BCUT2D eigenvalue weighted by atomic mass is 9.84. The van der Waals surface area contributed by atoms with Gasteiger partial charge in [0.05, 0.1) is 6.42 Å². The van der Waals surface area contributed by atoms with Crippen molar-refractivity contribution in [1.82, 2.24) is 14.8 Å². The van der Waals surface area contributed by atoms with E-state index in [0.717, 1.165) is 18.2 Å². The molecule has 98 valence electrons. The van der Waals surface area contributed by atoms with Crippen molar-refractivity contribution in [2.24, 2.45) is 17.8 Å². The van der Waals surface area contributed by atoms with Crippen LogP contribution in [0.5, 0.6) is 0 Å². The van der Waals surface area contributed by atoms with Crippen molar-refractivity contribution in [1.29, 1.82) is 0 Å². The SMILES string of the molecule is CC(C)n1ncnc1CC(=O)C1CC2CCC1C2. The first-order valence-electron chi connectivity index (χ1n) is 7.06. The predicted molar refractivity (Wildman–Crippen MR) is 68.1 cm³/mol. The Morgan fingerprint density at radius 3 is 2.89 bits per heavy atom. The molecule has 0 aromatic carbocycles. The zero-order valence-electron chi connectivity index (χ0n) is 11.2. The molecule has 0 aliphatic heterocycles. The van der Waals surface area contributed by atoms with Crippen LogP contribution >= 0.6 is 0 Å². The van der Waals surface area contributed by atoms with Crippen molar-refractivity contribution in [2.75, 3.05) is 0 Å². The molecule has 3 rings (SSSR count). The van der Waals surface area contributed by atoms with Gasteiger partial charge in [0.2, 0.25) is 0 Å². The molecule has 2 aliphatic carbocycles. The minimum Gasteiger partial charge on any atom is -0.299 e. The van der Waals surface area contributed by atoms with Crippen molar-refractivity contribution >= 4 is 5.78 Å². The third-order valence-electron chi connectivity index (χ3n) is 4.62. The maximum Gasteiger partial charge on any atom is 0.143 e. The van der Waals surface area contributed by atoms with Crippen molar-refractivity contribution in [3.63, 3.8) is 0 Å². The highest BCUT2D eigenvalue weighted by Gasteiger charge is 2.42. The van der Waals surface area contributed by atoms with Gasteiger partial charge < -0.3 is 0 Å². The Hall–Kier alpha value is -1.19. The zero-order valence-corrected chi connectivity index (χ0v) is 11.2. The van der Waals surface area contributed by atoms with Crippen LogP contribution in [-0.4, -0.2) is 20.5 Å². The molecule has 18 heavy (non-hydrogen) atoms. The van der Waals surface area contributed by atoms with Crippen molar-refractivity contribution < 1.29 is 4.79 Å². The van der Waals surface area contributed by atoms with Gasteiger partial charge in [0, 0.05) is 12.0 Å². The van der Waals surface area contributed by atoms with Gasteiger partial charge in [-0.2, -0.15) is 5.10 Å². The molecule has 1 heterocycles. The standard InChI is InChI=1S/C14H21N3O/c1-9(2)17-14(15-8-16-17)7-13(18)12-6-10-3-4-11(12)5-10/h8-12H,3-7H2,1-2H3. The summed E-state index contributed by atoms with van der Waals surface area (Å²) in [5.41, 5.74) is 0. The third-order valence-corrected chi connectivity index (χ3v) is 4.62. The number of hydrogen-bond donors (Lipinski definition) is 0. The van der Waals surface area contributed by atoms with Crippen molar-refractivity contribution in [3.05, 3.63) is 12.2 Å². The third kappa shape index (κ3) is 1.98. The Bertz CT molecular complexity index is 452. The van der Waals surface area contributed by atoms with E-state index in [9.17, 15) is 4.79 Å². The summed E-state index contributed by atoms with van der Waals surface area (Å²) in [5, 5.41) is 4.20. The van der Waals surface area contributed by atoms with Gasteiger partial charge in [0.15, 0.2) is 0 Å². The molecule has 0 radical (unpaired) electrons. The summed E-state index contributed by atoms with van der Waals surface area (Å²) < 4.78 is 1.87. The summed E-state index contributed by atoms with van der Waals surface area (Å²) in [6.45, 7) is 4.14. The van der Waals surface area contributed by atoms with Crippen LogP contribution in [0.1, 0.15) is 51.4 Å². The number of Topliss-reactive ketones (excluding diaryl/α,β-unsaturated/α-hetero) is 1. The van der Waals surface area contributed by atoms with Gasteiger partial charge in [-0.05, 0) is 44.9 Å². The molecule has 3 atom stereocenters. The first kappa shape index (κ1) is 11.9. The summed E-state index contributed by atoms with van der Waals surface area (Å²) in [5.74, 6) is 3.01. The van der Waals surface area contributed by atoms with Crippen LogP contribution in [0.2, 0.25) is 0 Å². The Morgan fingerprint density at radius 2 is 2.28 bits per heavy atom. The van der Waals surface area contributed by atoms with E-state index in [1.165, 1.54) is 19.3 Å². The highest BCUT2D eigenvalue weighted by atomic mass is 16.1. The van der Waals surface area contributed by atoms with Gasteiger partial charge >= 0.3 is 0 Å². The Labute approximate surface area is 108 Å². The fraction of sp³-hybridized carbons (Fsp3) is 0.786. The van der Waals surface area contributed by atoms with E-state index in [-0.39, 0.29) is 6.04 Å².